The average Bonchev–Trinajstić information content (AvgIpc) is 2.03. The molecule has 1 aliphatic heterocycles. The standard InChI is InChI=1S/C6H5F3N2O/c7-6(8,9)4-2-1-3-12-5(4)11-10/h1-2,10H,3H2. The second-order valence-electron chi connectivity index (χ2n) is 2.04. The van der Waals surface area contributed by atoms with E-state index in [2.05, 4.69) is 9.85 Å². The van der Waals surface area contributed by atoms with Crippen LogP contribution in [0.4, 0.5) is 13.2 Å². The number of rotatable bonds is 1. The quantitative estimate of drug-likeness (QED) is 0.615. The van der Waals surface area contributed by atoms with Crippen molar-refractivity contribution in [3.8, 4) is 0 Å². The molecule has 0 aromatic rings. The second-order valence-corrected chi connectivity index (χ2v) is 2.04. The summed E-state index contributed by atoms with van der Waals surface area (Å²) in [4.78, 5) is 0. The summed E-state index contributed by atoms with van der Waals surface area (Å²) in [7, 11) is 0. The normalized spacial score (nSPS) is 17.6. The molecule has 3 nitrogen and oxygen atoms in total. The number of hydrogen-bond acceptors (Lipinski definition) is 3. The largest absolute Gasteiger partial charge is 0.472 e. The fraction of sp³-hybridized carbons (Fsp3) is 0.333. The molecule has 0 saturated carbocycles. The number of halogens is 3. The highest BCUT2D eigenvalue weighted by Gasteiger charge is 2.37. The first-order valence-electron chi connectivity index (χ1n) is 3.04. The van der Waals surface area contributed by atoms with Crippen LogP contribution in [0, 0.1) is 5.53 Å². The van der Waals surface area contributed by atoms with E-state index in [1.807, 2.05) is 0 Å². The molecule has 1 N–H and O–H groups in total. The Hall–Kier alpha value is -1.33. The molecule has 66 valence electrons. The minimum absolute atomic E-state index is 0.0251. The van der Waals surface area contributed by atoms with E-state index in [-0.39, 0.29) is 6.61 Å². The first kappa shape index (κ1) is 8.76. The maximum absolute atomic E-state index is 12.0. The Labute approximate surface area is 66.0 Å². The zero-order valence-corrected chi connectivity index (χ0v) is 5.85. The van der Waals surface area contributed by atoms with Crippen LogP contribution in [0.15, 0.2) is 28.7 Å². The summed E-state index contributed by atoms with van der Waals surface area (Å²) in [5, 5.41) is 2.63. The van der Waals surface area contributed by atoms with Crippen LogP contribution in [0.5, 0.6) is 0 Å². The molecule has 6 heteroatoms. The van der Waals surface area contributed by atoms with Crippen LogP contribution < -0.4 is 0 Å². The Morgan fingerprint density at radius 3 is 2.58 bits per heavy atom. The fourth-order valence-corrected chi connectivity index (χ4v) is 0.750. The van der Waals surface area contributed by atoms with Crippen molar-refractivity contribution >= 4 is 0 Å². The van der Waals surface area contributed by atoms with Gasteiger partial charge in [0.15, 0.2) is 0 Å². The fourth-order valence-electron chi connectivity index (χ4n) is 0.750. The van der Waals surface area contributed by atoms with Crippen LogP contribution in [0.3, 0.4) is 0 Å². The van der Waals surface area contributed by atoms with Crippen molar-refractivity contribution in [1.29, 1.82) is 5.53 Å². The molecule has 0 aromatic carbocycles. The van der Waals surface area contributed by atoms with E-state index in [4.69, 9.17) is 5.53 Å². The summed E-state index contributed by atoms with van der Waals surface area (Å²) in [6.45, 7) is 0.0251. The molecule has 0 amide bonds. The molecule has 12 heavy (non-hydrogen) atoms. The number of hydrogen-bond donors (Lipinski definition) is 1. The molecule has 0 spiro atoms. The summed E-state index contributed by atoms with van der Waals surface area (Å²) in [5.41, 5.74) is 5.41. The Kier molecular flexibility index (Phi) is 2.16. The molecule has 0 bridgehead atoms. The van der Waals surface area contributed by atoms with Crippen LogP contribution in [0.2, 0.25) is 0 Å². The summed E-state index contributed by atoms with van der Waals surface area (Å²) in [6.07, 6.45) is -2.43. The van der Waals surface area contributed by atoms with Crippen LogP contribution in [0.1, 0.15) is 0 Å². The summed E-state index contributed by atoms with van der Waals surface area (Å²) in [5.74, 6) is -0.676. The van der Waals surface area contributed by atoms with Gasteiger partial charge < -0.3 is 4.74 Å². The SMILES string of the molecule is N=NC1=C(C(F)(F)F)C=CCO1. The van der Waals surface area contributed by atoms with Gasteiger partial charge in [-0.15, -0.1) is 5.11 Å². The van der Waals surface area contributed by atoms with Crippen molar-refractivity contribution in [2.24, 2.45) is 5.11 Å². The lowest BCUT2D eigenvalue weighted by molar-refractivity contribution is -0.0924. The molecular weight excluding hydrogens is 173 g/mol. The van der Waals surface area contributed by atoms with Gasteiger partial charge in [-0.3, -0.25) is 0 Å². The highest BCUT2D eigenvalue weighted by Crippen LogP contribution is 2.31. The molecule has 0 saturated heterocycles. The highest BCUT2D eigenvalue weighted by molar-refractivity contribution is 5.28. The number of nitrogens with zero attached hydrogens (tertiary/aromatic N) is 1. The predicted octanol–water partition coefficient (Wildman–Crippen LogP) is 2.38. The van der Waals surface area contributed by atoms with Crippen molar-refractivity contribution in [2.75, 3.05) is 6.61 Å². The summed E-state index contributed by atoms with van der Waals surface area (Å²) >= 11 is 0. The van der Waals surface area contributed by atoms with Crippen molar-refractivity contribution in [3.05, 3.63) is 23.6 Å². The van der Waals surface area contributed by atoms with Crippen LogP contribution >= 0.6 is 0 Å². The van der Waals surface area contributed by atoms with Gasteiger partial charge in [0.25, 0.3) is 0 Å². The monoisotopic (exact) mass is 178 g/mol. The van der Waals surface area contributed by atoms with Crippen LogP contribution in [-0.4, -0.2) is 12.8 Å². The summed E-state index contributed by atoms with van der Waals surface area (Å²) in [6, 6.07) is 0. The molecule has 1 aliphatic rings. The smallest absolute Gasteiger partial charge is 0.421 e. The van der Waals surface area contributed by atoms with Gasteiger partial charge in [0.1, 0.15) is 12.2 Å². The van der Waals surface area contributed by atoms with Gasteiger partial charge >= 0.3 is 6.18 Å². The average molecular weight is 178 g/mol. The molecule has 0 aliphatic carbocycles. The number of allylic oxidation sites excluding steroid dienone is 2. The first-order valence-corrected chi connectivity index (χ1v) is 3.04. The third kappa shape index (κ3) is 1.63. The maximum atomic E-state index is 12.0. The zero-order valence-electron chi connectivity index (χ0n) is 5.85. The Morgan fingerprint density at radius 2 is 2.17 bits per heavy atom. The van der Waals surface area contributed by atoms with Crippen molar-refractivity contribution in [2.45, 2.75) is 6.18 Å². The first-order chi connectivity index (χ1) is 5.55. The lowest BCUT2D eigenvalue weighted by Gasteiger charge is -2.14. The topological polar surface area (TPSA) is 45.4 Å². The summed E-state index contributed by atoms with van der Waals surface area (Å²) < 4.78 is 40.6. The Balaban J connectivity index is 3.05. The van der Waals surface area contributed by atoms with Crippen molar-refractivity contribution in [1.82, 2.24) is 0 Å². The van der Waals surface area contributed by atoms with E-state index in [0.29, 0.717) is 0 Å². The van der Waals surface area contributed by atoms with E-state index < -0.39 is 17.6 Å². The molecule has 0 radical (unpaired) electrons. The number of ether oxygens (including phenoxy) is 1. The van der Waals surface area contributed by atoms with E-state index in [0.717, 1.165) is 6.08 Å². The van der Waals surface area contributed by atoms with Crippen molar-refractivity contribution in [3.63, 3.8) is 0 Å². The zero-order chi connectivity index (χ0) is 9.19. The molecule has 1 rings (SSSR count). The van der Waals surface area contributed by atoms with Gasteiger partial charge in [0.2, 0.25) is 5.88 Å². The molecular formula is C6H5F3N2O. The lowest BCUT2D eigenvalue weighted by atomic mass is 10.2. The van der Waals surface area contributed by atoms with Gasteiger partial charge in [0, 0.05) is 0 Å². The highest BCUT2D eigenvalue weighted by atomic mass is 19.4. The Morgan fingerprint density at radius 1 is 1.50 bits per heavy atom. The third-order valence-electron chi connectivity index (χ3n) is 1.24. The third-order valence-corrected chi connectivity index (χ3v) is 1.24. The van der Waals surface area contributed by atoms with Crippen LogP contribution in [0.25, 0.3) is 0 Å². The molecule has 0 aromatic heterocycles. The van der Waals surface area contributed by atoms with Gasteiger partial charge in [-0.25, -0.2) is 5.53 Å². The predicted molar refractivity (Wildman–Crippen MR) is 33.3 cm³/mol. The minimum atomic E-state index is -4.50. The van der Waals surface area contributed by atoms with E-state index in [9.17, 15) is 13.2 Å². The molecule has 0 fully saturated rings. The second kappa shape index (κ2) is 2.96. The van der Waals surface area contributed by atoms with Gasteiger partial charge in [-0.1, -0.05) is 0 Å². The van der Waals surface area contributed by atoms with Crippen LogP contribution in [-0.2, 0) is 4.74 Å². The Bertz CT molecular complexity index is 254. The van der Waals surface area contributed by atoms with Gasteiger partial charge in [-0.2, -0.15) is 13.2 Å². The van der Waals surface area contributed by atoms with Gasteiger partial charge in [-0.05, 0) is 12.2 Å². The van der Waals surface area contributed by atoms with E-state index in [1.165, 1.54) is 6.08 Å². The molecule has 1 heterocycles. The maximum Gasteiger partial charge on any atom is 0.421 e. The minimum Gasteiger partial charge on any atom is -0.472 e. The van der Waals surface area contributed by atoms with Gasteiger partial charge in [0.05, 0.1) is 0 Å². The molecule has 0 atom stereocenters. The number of alkyl halides is 3. The lowest BCUT2D eigenvalue weighted by Crippen LogP contribution is -2.15. The number of nitrogens with one attached hydrogen (secondary N) is 1. The molecule has 0 unspecified atom stereocenters. The van der Waals surface area contributed by atoms with E-state index >= 15 is 0 Å². The van der Waals surface area contributed by atoms with Crippen molar-refractivity contribution < 1.29 is 17.9 Å². The van der Waals surface area contributed by atoms with E-state index in [1.54, 1.807) is 0 Å².